The number of carbonyl (C=O) groups is 1. The highest BCUT2D eigenvalue weighted by Crippen LogP contribution is 2.32. The number of alkyl halides is 6. The number of nitrogens with zero attached hydrogens (tertiary/aromatic N) is 1. The van der Waals surface area contributed by atoms with E-state index in [1.807, 2.05) is 0 Å². The lowest BCUT2D eigenvalue weighted by atomic mass is 10.1. The Morgan fingerprint density at radius 1 is 1.00 bits per heavy atom. The molecule has 1 N–H and O–H groups in total. The normalized spacial score (nSPS) is 19.2. The maximum atomic E-state index is 12.7. The number of halogens is 6. The molecule has 1 aliphatic heterocycles. The molecule has 174 valence electrons. The molecule has 0 bridgehead atoms. The van der Waals surface area contributed by atoms with Gasteiger partial charge in [0, 0.05) is 12.1 Å². The molecule has 3 rings (SSSR count). The fourth-order valence-corrected chi connectivity index (χ4v) is 3.45. The van der Waals surface area contributed by atoms with Crippen molar-refractivity contribution in [2.75, 3.05) is 24.7 Å². The van der Waals surface area contributed by atoms with Gasteiger partial charge in [0.25, 0.3) is 0 Å². The number of benzene rings is 2. The van der Waals surface area contributed by atoms with E-state index in [4.69, 9.17) is 14.6 Å². The van der Waals surface area contributed by atoms with E-state index >= 15 is 0 Å². The Balaban J connectivity index is 1.72. The van der Waals surface area contributed by atoms with Crippen LogP contribution in [0.15, 0.2) is 48.5 Å². The largest absolute Gasteiger partial charge is 0.489 e. The standard InChI is InChI=1S/C21H19F6NO4/c22-20(23,24)12-31-11-16-9-18(32-17-7-3-14(4-8-17)21(25,26)27)10-28(16)15-5-1-13(2-6-15)19(29)30/h1-8,16,18H,9-12H2,(H,29,30)/t16-,18+/m0/s1. The summed E-state index contributed by atoms with van der Waals surface area (Å²) in [4.78, 5) is 12.8. The average molecular weight is 463 g/mol. The number of hydrogen-bond acceptors (Lipinski definition) is 4. The molecule has 1 heterocycles. The van der Waals surface area contributed by atoms with Crippen molar-refractivity contribution in [3.05, 3.63) is 59.7 Å². The lowest BCUT2D eigenvalue weighted by Crippen LogP contribution is -2.34. The van der Waals surface area contributed by atoms with Gasteiger partial charge in [-0.1, -0.05) is 0 Å². The highest BCUT2D eigenvalue weighted by molar-refractivity contribution is 5.88. The van der Waals surface area contributed by atoms with Crippen LogP contribution in [-0.4, -0.2) is 49.2 Å². The predicted octanol–water partition coefficient (Wildman–Crippen LogP) is 5.01. The number of hydrogen-bond donors (Lipinski definition) is 1. The van der Waals surface area contributed by atoms with Crippen molar-refractivity contribution in [3.63, 3.8) is 0 Å². The topological polar surface area (TPSA) is 59.0 Å². The molecule has 0 aromatic heterocycles. The van der Waals surface area contributed by atoms with Crippen LogP contribution >= 0.6 is 0 Å². The Hall–Kier alpha value is -2.95. The van der Waals surface area contributed by atoms with Crippen LogP contribution in [0.1, 0.15) is 22.3 Å². The lowest BCUT2D eigenvalue weighted by Gasteiger charge is -2.26. The van der Waals surface area contributed by atoms with E-state index in [1.54, 1.807) is 4.90 Å². The number of ether oxygens (including phenoxy) is 2. The van der Waals surface area contributed by atoms with Gasteiger partial charge in [-0.3, -0.25) is 0 Å². The van der Waals surface area contributed by atoms with Gasteiger partial charge in [0.05, 0.1) is 30.3 Å². The molecule has 0 radical (unpaired) electrons. The first-order chi connectivity index (χ1) is 14.9. The van der Waals surface area contributed by atoms with Gasteiger partial charge in [0.15, 0.2) is 0 Å². The molecule has 0 amide bonds. The SMILES string of the molecule is O=C(O)c1ccc(N2C[C@H](Oc3ccc(C(F)(F)F)cc3)C[C@H]2COCC(F)(F)F)cc1. The third-order valence-electron chi connectivity index (χ3n) is 4.88. The number of carboxylic acids is 1. The van der Waals surface area contributed by atoms with Crippen molar-refractivity contribution < 1.29 is 45.7 Å². The van der Waals surface area contributed by atoms with Crippen LogP contribution in [0.3, 0.4) is 0 Å². The summed E-state index contributed by atoms with van der Waals surface area (Å²) >= 11 is 0. The molecule has 2 atom stereocenters. The summed E-state index contributed by atoms with van der Waals surface area (Å²) < 4.78 is 86.1. The molecule has 1 fully saturated rings. The van der Waals surface area contributed by atoms with E-state index in [2.05, 4.69) is 0 Å². The van der Waals surface area contributed by atoms with Crippen LogP contribution in [0.4, 0.5) is 32.0 Å². The highest BCUT2D eigenvalue weighted by atomic mass is 19.4. The zero-order chi connectivity index (χ0) is 23.5. The molecule has 11 heteroatoms. The number of anilines is 1. The summed E-state index contributed by atoms with van der Waals surface area (Å²) in [6, 6.07) is 9.43. The molecule has 0 aliphatic carbocycles. The summed E-state index contributed by atoms with van der Waals surface area (Å²) in [5.74, 6) is -0.924. The second-order valence-electron chi connectivity index (χ2n) is 7.29. The quantitative estimate of drug-likeness (QED) is 0.586. The summed E-state index contributed by atoms with van der Waals surface area (Å²) in [5, 5.41) is 9.03. The van der Waals surface area contributed by atoms with Gasteiger partial charge >= 0.3 is 18.3 Å². The van der Waals surface area contributed by atoms with Crippen LogP contribution in [0, 0.1) is 0 Å². The second kappa shape index (κ2) is 9.27. The fourth-order valence-electron chi connectivity index (χ4n) is 3.45. The smallest absolute Gasteiger partial charge is 0.416 e. The summed E-state index contributed by atoms with van der Waals surface area (Å²) in [6.07, 6.45) is -9.22. The van der Waals surface area contributed by atoms with Crippen LogP contribution < -0.4 is 9.64 Å². The van der Waals surface area contributed by atoms with Crippen molar-refractivity contribution in [2.24, 2.45) is 0 Å². The van der Waals surface area contributed by atoms with E-state index in [0.717, 1.165) is 12.1 Å². The fraction of sp³-hybridized carbons (Fsp3) is 0.381. The zero-order valence-corrected chi connectivity index (χ0v) is 16.5. The molecule has 0 saturated carbocycles. The molecule has 2 aromatic carbocycles. The highest BCUT2D eigenvalue weighted by Gasteiger charge is 2.36. The van der Waals surface area contributed by atoms with Crippen molar-refractivity contribution in [3.8, 4) is 5.75 Å². The molecule has 5 nitrogen and oxygen atoms in total. The van der Waals surface area contributed by atoms with E-state index in [0.29, 0.717) is 5.69 Å². The Morgan fingerprint density at radius 3 is 2.16 bits per heavy atom. The van der Waals surface area contributed by atoms with Gasteiger partial charge in [-0.25, -0.2) is 4.79 Å². The van der Waals surface area contributed by atoms with Crippen molar-refractivity contribution in [2.45, 2.75) is 30.9 Å². The number of rotatable bonds is 7. The van der Waals surface area contributed by atoms with Crippen LogP contribution in [-0.2, 0) is 10.9 Å². The van der Waals surface area contributed by atoms with Gasteiger partial charge in [-0.05, 0) is 48.5 Å². The Labute approximate surface area is 179 Å². The monoisotopic (exact) mass is 463 g/mol. The van der Waals surface area contributed by atoms with Gasteiger partial charge < -0.3 is 19.5 Å². The van der Waals surface area contributed by atoms with Gasteiger partial charge in [0.1, 0.15) is 18.5 Å². The molecular formula is C21H19F6NO4. The first kappa shape index (κ1) is 23.7. The van der Waals surface area contributed by atoms with E-state index in [-0.39, 0.29) is 30.9 Å². The predicted molar refractivity (Wildman–Crippen MR) is 102 cm³/mol. The lowest BCUT2D eigenvalue weighted by molar-refractivity contribution is -0.174. The Kier molecular flexibility index (Phi) is 6.87. The van der Waals surface area contributed by atoms with Crippen LogP contribution in [0.5, 0.6) is 5.75 Å². The molecular weight excluding hydrogens is 444 g/mol. The Bertz CT molecular complexity index is 912. The maximum Gasteiger partial charge on any atom is 0.416 e. The summed E-state index contributed by atoms with van der Waals surface area (Å²) in [6.45, 7) is -1.44. The van der Waals surface area contributed by atoms with E-state index in [9.17, 15) is 31.1 Å². The molecule has 2 aromatic rings. The minimum absolute atomic E-state index is 0.0513. The minimum Gasteiger partial charge on any atom is -0.489 e. The molecule has 0 unspecified atom stereocenters. The van der Waals surface area contributed by atoms with Crippen molar-refractivity contribution in [1.82, 2.24) is 0 Å². The van der Waals surface area contributed by atoms with Crippen LogP contribution in [0.2, 0.25) is 0 Å². The average Bonchev–Trinajstić information content (AvgIpc) is 3.09. The zero-order valence-electron chi connectivity index (χ0n) is 16.5. The number of carboxylic acid groups (broad SMARTS) is 1. The third-order valence-corrected chi connectivity index (χ3v) is 4.88. The molecule has 32 heavy (non-hydrogen) atoms. The van der Waals surface area contributed by atoms with Crippen molar-refractivity contribution in [1.29, 1.82) is 0 Å². The van der Waals surface area contributed by atoms with Crippen molar-refractivity contribution >= 4 is 11.7 Å². The summed E-state index contributed by atoms with van der Waals surface area (Å²) in [7, 11) is 0. The second-order valence-corrected chi connectivity index (χ2v) is 7.29. The molecule has 1 saturated heterocycles. The van der Waals surface area contributed by atoms with Gasteiger partial charge in [0.2, 0.25) is 0 Å². The molecule has 1 aliphatic rings. The van der Waals surface area contributed by atoms with E-state index in [1.165, 1.54) is 36.4 Å². The van der Waals surface area contributed by atoms with E-state index < -0.39 is 42.6 Å². The third kappa shape index (κ3) is 6.28. The van der Waals surface area contributed by atoms with Gasteiger partial charge in [-0.2, -0.15) is 26.3 Å². The minimum atomic E-state index is -4.48. The molecule has 0 spiro atoms. The Morgan fingerprint density at radius 2 is 1.62 bits per heavy atom. The first-order valence-corrected chi connectivity index (χ1v) is 9.51. The number of aromatic carboxylic acids is 1. The van der Waals surface area contributed by atoms with Crippen LogP contribution in [0.25, 0.3) is 0 Å². The maximum absolute atomic E-state index is 12.7. The van der Waals surface area contributed by atoms with Gasteiger partial charge in [-0.15, -0.1) is 0 Å². The first-order valence-electron chi connectivity index (χ1n) is 9.51. The summed E-state index contributed by atoms with van der Waals surface area (Å²) in [5.41, 5.74) is -0.209.